The number of hydrogen-bond donors (Lipinski definition) is 0. The maximum absolute atomic E-state index is 11.4. The molecule has 0 aliphatic rings. The van der Waals surface area contributed by atoms with E-state index in [2.05, 4.69) is 13.7 Å². The number of hydrogen-bond acceptors (Lipinski definition) is 6. The molecule has 0 saturated heterocycles. The molecule has 0 bridgehead atoms. The molecule has 0 N–H and O–H groups in total. The molecule has 0 amide bonds. The van der Waals surface area contributed by atoms with Crippen molar-refractivity contribution < 1.29 is 4.79 Å². The fourth-order valence-electron chi connectivity index (χ4n) is 0.856. The fourth-order valence-corrected chi connectivity index (χ4v) is 1.90. The van der Waals surface area contributed by atoms with Gasteiger partial charge in [0.1, 0.15) is 10.7 Å². The molecular weight excluding hydrogens is 206 g/mol. The maximum Gasteiger partial charge on any atom is 0.190 e. The van der Waals surface area contributed by atoms with Gasteiger partial charge in [-0.3, -0.25) is 4.79 Å². The standard InChI is InChI=1S/C7H5N3OS2/c11-6(5-4-9-13-10-5)3-7-8-1-2-12-7/h1-2,4H,3H2. The van der Waals surface area contributed by atoms with Crippen molar-refractivity contribution in [2.45, 2.75) is 6.42 Å². The molecule has 2 rings (SSSR count). The summed E-state index contributed by atoms with van der Waals surface area (Å²) in [5.74, 6) is -0.0244. The number of thiazole rings is 1. The van der Waals surface area contributed by atoms with Gasteiger partial charge >= 0.3 is 0 Å². The number of carbonyl (C=O) groups is 1. The summed E-state index contributed by atoms with van der Waals surface area (Å²) in [5.41, 5.74) is 0.431. The van der Waals surface area contributed by atoms with Crippen molar-refractivity contribution in [3.8, 4) is 0 Å². The molecule has 2 aromatic rings. The van der Waals surface area contributed by atoms with Crippen LogP contribution in [0.2, 0.25) is 0 Å². The molecule has 0 aliphatic heterocycles. The van der Waals surface area contributed by atoms with Crippen molar-refractivity contribution in [1.82, 2.24) is 13.7 Å². The average Bonchev–Trinajstić information content (AvgIpc) is 2.74. The van der Waals surface area contributed by atoms with Crippen molar-refractivity contribution in [3.05, 3.63) is 28.5 Å². The lowest BCUT2D eigenvalue weighted by Crippen LogP contribution is -2.02. The molecule has 0 aliphatic carbocycles. The number of aromatic nitrogens is 3. The lowest BCUT2D eigenvalue weighted by Gasteiger charge is -1.90. The third-order valence-corrected chi connectivity index (χ3v) is 2.70. The number of carbonyl (C=O) groups excluding carboxylic acids is 1. The van der Waals surface area contributed by atoms with Crippen molar-refractivity contribution in [3.63, 3.8) is 0 Å². The molecule has 0 radical (unpaired) electrons. The van der Waals surface area contributed by atoms with E-state index in [1.165, 1.54) is 17.5 Å². The SMILES string of the molecule is O=C(Cc1nccs1)c1cnsn1. The predicted octanol–water partition coefficient (Wildman–Crippen LogP) is 1.42. The van der Waals surface area contributed by atoms with Crippen LogP contribution in [0, 0.1) is 0 Å². The van der Waals surface area contributed by atoms with Crippen LogP contribution in [0.5, 0.6) is 0 Å². The quantitative estimate of drug-likeness (QED) is 0.720. The molecule has 0 spiro atoms. The minimum absolute atomic E-state index is 0.0244. The lowest BCUT2D eigenvalue weighted by molar-refractivity contribution is 0.0989. The zero-order valence-corrected chi connectivity index (χ0v) is 8.14. The number of Topliss-reactive ketones (excluding diaryl/α,β-unsaturated/α-hetero) is 1. The molecule has 0 unspecified atom stereocenters. The minimum atomic E-state index is -0.0244. The van der Waals surface area contributed by atoms with Crippen molar-refractivity contribution in [2.24, 2.45) is 0 Å². The highest BCUT2D eigenvalue weighted by Gasteiger charge is 2.10. The van der Waals surface area contributed by atoms with E-state index in [9.17, 15) is 4.79 Å². The first-order valence-electron chi connectivity index (χ1n) is 3.55. The summed E-state index contributed by atoms with van der Waals surface area (Å²) in [7, 11) is 0. The van der Waals surface area contributed by atoms with E-state index in [1.807, 2.05) is 5.38 Å². The molecule has 6 heteroatoms. The fraction of sp³-hybridized carbons (Fsp3) is 0.143. The Kier molecular flexibility index (Phi) is 2.42. The Hall–Kier alpha value is -1.14. The zero-order chi connectivity index (χ0) is 9.10. The maximum atomic E-state index is 11.4. The van der Waals surface area contributed by atoms with Gasteiger partial charge < -0.3 is 0 Å². The minimum Gasteiger partial charge on any atom is -0.292 e. The number of nitrogens with zero attached hydrogens (tertiary/aromatic N) is 3. The molecule has 13 heavy (non-hydrogen) atoms. The Morgan fingerprint density at radius 3 is 3.08 bits per heavy atom. The predicted molar refractivity (Wildman–Crippen MR) is 50.1 cm³/mol. The molecule has 2 heterocycles. The summed E-state index contributed by atoms with van der Waals surface area (Å²) in [5, 5.41) is 2.67. The molecule has 66 valence electrons. The van der Waals surface area contributed by atoms with Gasteiger partial charge in [0, 0.05) is 11.6 Å². The monoisotopic (exact) mass is 211 g/mol. The molecule has 2 aromatic heterocycles. The molecule has 0 aromatic carbocycles. The van der Waals surface area contributed by atoms with E-state index >= 15 is 0 Å². The Bertz CT molecular complexity index is 382. The van der Waals surface area contributed by atoms with Crippen LogP contribution in [0.15, 0.2) is 17.8 Å². The van der Waals surface area contributed by atoms with E-state index in [0.29, 0.717) is 12.1 Å². The first kappa shape index (κ1) is 8.46. The van der Waals surface area contributed by atoms with Crippen molar-refractivity contribution in [2.75, 3.05) is 0 Å². The van der Waals surface area contributed by atoms with Crippen LogP contribution in [0.4, 0.5) is 0 Å². The molecule has 4 nitrogen and oxygen atoms in total. The van der Waals surface area contributed by atoms with Crippen LogP contribution in [0.1, 0.15) is 15.5 Å². The Balaban J connectivity index is 2.08. The second-order valence-corrected chi connectivity index (χ2v) is 3.85. The van der Waals surface area contributed by atoms with E-state index in [4.69, 9.17) is 0 Å². The summed E-state index contributed by atoms with van der Waals surface area (Å²) >= 11 is 2.51. The van der Waals surface area contributed by atoms with Crippen LogP contribution in [0.3, 0.4) is 0 Å². The smallest absolute Gasteiger partial charge is 0.190 e. The average molecular weight is 211 g/mol. The number of rotatable bonds is 3. The first-order chi connectivity index (χ1) is 6.36. The number of ketones is 1. The largest absolute Gasteiger partial charge is 0.292 e. The molecule has 0 saturated carbocycles. The normalized spacial score (nSPS) is 10.2. The Morgan fingerprint density at radius 1 is 1.54 bits per heavy atom. The van der Waals surface area contributed by atoms with E-state index in [0.717, 1.165) is 16.7 Å². The van der Waals surface area contributed by atoms with Crippen LogP contribution in [-0.4, -0.2) is 19.5 Å². The third kappa shape index (κ3) is 1.96. The van der Waals surface area contributed by atoms with E-state index in [-0.39, 0.29) is 5.78 Å². The Labute approximate surface area is 82.6 Å². The highest BCUT2D eigenvalue weighted by atomic mass is 32.1. The highest BCUT2D eigenvalue weighted by Crippen LogP contribution is 2.08. The van der Waals surface area contributed by atoms with Crippen molar-refractivity contribution >= 4 is 28.8 Å². The lowest BCUT2D eigenvalue weighted by atomic mass is 10.2. The van der Waals surface area contributed by atoms with Gasteiger partial charge in [0.15, 0.2) is 5.78 Å². The molecule has 0 fully saturated rings. The summed E-state index contributed by atoms with van der Waals surface area (Å²) in [4.78, 5) is 15.5. The van der Waals surface area contributed by atoms with Gasteiger partial charge in [-0.15, -0.1) is 11.3 Å². The molecule has 0 atom stereocenters. The van der Waals surface area contributed by atoms with Gasteiger partial charge in [-0.25, -0.2) is 4.98 Å². The summed E-state index contributed by atoms with van der Waals surface area (Å²) in [6, 6.07) is 0. The zero-order valence-electron chi connectivity index (χ0n) is 6.51. The third-order valence-electron chi connectivity index (χ3n) is 1.44. The summed E-state index contributed by atoms with van der Waals surface area (Å²) in [6.07, 6.45) is 3.50. The van der Waals surface area contributed by atoms with Gasteiger partial charge in [0.25, 0.3) is 0 Å². The van der Waals surface area contributed by atoms with Crippen LogP contribution in [0.25, 0.3) is 0 Å². The van der Waals surface area contributed by atoms with Crippen LogP contribution in [-0.2, 0) is 6.42 Å². The van der Waals surface area contributed by atoms with E-state index in [1.54, 1.807) is 6.20 Å². The summed E-state index contributed by atoms with van der Waals surface area (Å²) in [6.45, 7) is 0. The van der Waals surface area contributed by atoms with E-state index < -0.39 is 0 Å². The summed E-state index contributed by atoms with van der Waals surface area (Å²) < 4.78 is 7.62. The van der Waals surface area contributed by atoms with Gasteiger partial charge in [0.05, 0.1) is 24.3 Å². The second-order valence-electron chi connectivity index (χ2n) is 2.32. The topological polar surface area (TPSA) is 55.7 Å². The van der Waals surface area contributed by atoms with Gasteiger partial charge in [-0.05, 0) is 0 Å². The van der Waals surface area contributed by atoms with Crippen LogP contribution >= 0.6 is 23.1 Å². The van der Waals surface area contributed by atoms with Crippen LogP contribution < -0.4 is 0 Å². The second kappa shape index (κ2) is 3.71. The molecular formula is C7H5N3OS2. The highest BCUT2D eigenvalue weighted by molar-refractivity contribution is 7.09. The van der Waals surface area contributed by atoms with Crippen molar-refractivity contribution in [1.29, 1.82) is 0 Å². The Morgan fingerprint density at radius 2 is 2.46 bits per heavy atom. The van der Waals surface area contributed by atoms with Gasteiger partial charge in [-0.2, -0.15) is 8.75 Å². The van der Waals surface area contributed by atoms with Gasteiger partial charge in [-0.1, -0.05) is 0 Å². The van der Waals surface area contributed by atoms with Gasteiger partial charge in [0.2, 0.25) is 0 Å². The first-order valence-corrected chi connectivity index (χ1v) is 5.16.